The number of nitrogens with one attached hydrogen (secondary N) is 1. The summed E-state index contributed by atoms with van der Waals surface area (Å²) in [7, 11) is 3.12. The molecule has 2 amide bonds. The van der Waals surface area contributed by atoms with Crippen molar-refractivity contribution >= 4 is 12.0 Å². The van der Waals surface area contributed by atoms with E-state index in [1.54, 1.807) is 27.9 Å². The van der Waals surface area contributed by atoms with Crippen LogP contribution in [0.25, 0.3) is 0 Å². The molecule has 1 N–H and O–H groups in total. The number of methoxy groups -OCH3 is 2. The Morgan fingerprint density at radius 2 is 1.79 bits per heavy atom. The molecule has 2 fully saturated rings. The van der Waals surface area contributed by atoms with E-state index in [-0.39, 0.29) is 36.4 Å². The molecule has 2 heterocycles. The lowest BCUT2D eigenvalue weighted by molar-refractivity contribution is -0.125. The fraction of sp³-hybridized carbons (Fsp3) is 0.708. The van der Waals surface area contributed by atoms with Gasteiger partial charge in [0.05, 0.1) is 13.2 Å². The number of ether oxygens (including phenoxy) is 4. The smallest absolute Gasteiger partial charge is 0.410 e. The zero-order valence-corrected chi connectivity index (χ0v) is 20.7. The fourth-order valence-corrected chi connectivity index (χ4v) is 4.30. The zero-order chi connectivity index (χ0) is 24.9. The summed E-state index contributed by atoms with van der Waals surface area (Å²) in [5.74, 6) is -0.881. The number of nitrogens with zero attached hydrogens (tertiary/aromatic N) is 2. The van der Waals surface area contributed by atoms with E-state index in [2.05, 4.69) is 10.3 Å². The van der Waals surface area contributed by atoms with E-state index in [4.69, 9.17) is 18.9 Å². The van der Waals surface area contributed by atoms with Gasteiger partial charge in [-0.3, -0.25) is 9.69 Å². The van der Waals surface area contributed by atoms with Gasteiger partial charge in [0.2, 0.25) is 11.8 Å². The normalized spacial score (nSPS) is 22.9. The standard InChI is InChI=1S/C24H36FN3O6/c1-24(2,3)34-23(30)28-12-6-7-19(28)20(29)26-14-15-13-18(25)22(27-21(15)32-5)33-17-10-8-16(31-4)9-11-17/h13,16-17,19H,6-12,14H2,1-5H3,(H,26,29)/t16?,17?,19-/m0/s1. The summed E-state index contributed by atoms with van der Waals surface area (Å²) in [6.07, 6.45) is 4.02. The predicted octanol–water partition coefficient (Wildman–Crippen LogP) is 3.58. The number of rotatable bonds is 7. The molecule has 1 aliphatic heterocycles. The van der Waals surface area contributed by atoms with Crippen LogP contribution in [0.1, 0.15) is 64.9 Å². The number of hydrogen-bond acceptors (Lipinski definition) is 7. The van der Waals surface area contributed by atoms with E-state index in [0.717, 1.165) is 25.7 Å². The first kappa shape index (κ1) is 26.0. The number of halogens is 1. The van der Waals surface area contributed by atoms with E-state index >= 15 is 0 Å². The molecule has 0 bridgehead atoms. The maximum Gasteiger partial charge on any atom is 0.410 e. The van der Waals surface area contributed by atoms with E-state index in [0.29, 0.717) is 24.9 Å². The topological polar surface area (TPSA) is 99.2 Å². The maximum absolute atomic E-state index is 14.8. The number of pyridine rings is 1. The minimum Gasteiger partial charge on any atom is -0.481 e. The maximum atomic E-state index is 14.8. The van der Waals surface area contributed by atoms with Crippen LogP contribution in [0.5, 0.6) is 11.8 Å². The van der Waals surface area contributed by atoms with Gasteiger partial charge in [0.15, 0.2) is 5.82 Å². The van der Waals surface area contributed by atoms with Gasteiger partial charge >= 0.3 is 6.09 Å². The number of aromatic nitrogens is 1. The van der Waals surface area contributed by atoms with Crippen molar-refractivity contribution in [3.8, 4) is 11.8 Å². The Morgan fingerprint density at radius 1 is 1.12 bits per heavy atom. The number of carbonyl (C=O) groups is 2. The largest absolute Gasteiger partial charge is 0.481 e. The van der Waals surface area contributed by atoms with Crippen LogP contribution >= 0.6 is 0 Å². The molecule has 1 aliphatic carbocycles. The first-order valence-electron chi connectivity index (χ1n) is 11.8. The first-order chi connectivity index (χ1) is 16.1. The van der Waals surface area contributed by atoms with E-state index in [1.807, 2.05) is 0 Å². The third-order valence-corrected chi connectivity index (χ3v) is 6.05. The Balaban J connectivity index is 1.61. The molecule has 1 saturated heterocycles. The molecule has 1 aromatic rings. The van der Waals surface area contributed by atoms with Gasteiger partial charge in [-0.25, -0.2) is 9.18 Å². The molecule has 1 atom stereocenters. The molecule has 0 spiro atoms. The van der Waals surface area contributed by atoms with Crippen molar-refractivity contribution in [2.24, 2.45) is 0 Å². The Morgan fingerprint density at radius 3 is 2.41 bits per heavy atom. The molecule has 1 saturated carbocycles. The molecule has 0 unspecified atom stereocenters. The molecule has 2 aliphatic rings. The number of carbonyl (C=O) groups excluding carboxylic acids is 2. The van der Waals surface area contributed by atoms with Crippen molar-refractivity contribution in [2.75, 3.05) is 20.8 Å². The van der Waals surface area contributed by atoms with Crippen LogP contribution in [0.4, 0.5) is 9.18 Å². The van der Waals surface area contributed by atoms with Gasteiger partial charge in [0.25, 0.3) is 5.88 Å². The highest BCUT2D eigenvalue weighted by molar-refractivity contribution is 5.86. The number of amides is 2. The third-order valence-electron chi connectivity index (χ3n) is 6.05. The van der Waals surface area contributed by atoms with Crippen LogP contribution in [0, 0.1) is 5.82 Å². The lowest BCUT2D eigenvalue weighted by Gasteiger charge is -2.28. The van der Waals surface area contributed by atoms with Crippen LogP contribution in [0.3, 0.4) is 0 Å². The van der Waals surface area contributed by atoms with Crippen LogP contribution in [0.2, 0.25) is 0 Å². The summed E-state index contributed by atoms with van der Waals surface area (Å²) in [4.78, 5) is 30.9. The van der Waals surface area contributed by atoms with Crippen molar-refractivity contribution in [2.45, 2.75) is 89.7 Å². The molecule has 34 heavy (non-hydrogen) atoms. The summed E-state index contributed by atoms with van der Waals surface area (Å²) in [5, 5.41) is 2.77. The summed E-state index contributed by atoms with van der Waals surface area (Å²) >= 11 is 0. The average Bonchev–Trinajstić information content (AvgIpc) is 3.28. The molecule has 0 radical (unpaired) electrons. The average molecular weight is 482 g/mol. The molecular formula is C24H36FN3O6. The van der Waals surface area contributed by atoms with E-state index in [9.17, 15) is 14.0 Å². The molecule has 10 heteroatoms. The van der Waals surface area contributed by atoms with Crippen LogP contribution in [-0.2, 0) is 20.8 Å². The molecule has 1 aromatic heterocycles. The fourth-order valence-electron chi connectivity index (χ4n) is 4.30. The highest BCUT2D eigenvalue weighted by Crippen LogP contribution is 2.29. The van der Waals surface area contributed by atoms with Gasteiger partial charge in [-0.1, -0.05) is 0 Å². The molecule has 9 nitrogen and oxygen atoms in total. The molecular weight excluding hydrogens is 445 g/mol. The Hall–Kier alpha value is -2.62. The van der Waals surface area contributed by atoms with Gasteiger partial charge in [0, 0.05) is 25.8 Å². The molecule has 3 rings (SSSR count). The lowest BCUT2D eigenvalue weighted by Crippen LogP contribution is -2.47. The quantitative estimate of drug-likeness (QED) is 0.635. The van der Waals surface area contributed by atoms with Gasteiger partial charge in [-0.2, -0.15) is 4.98 Å². The summed E-state index contributed by atoms with van der Waals surface area (Å²) in [6, 6.07) is 0.631. The van der Waals surface area contributed by atoms with Gasteiger partial charge in [-0.05, 0) is 65.4 Å². The van der Waals surface area contributed by atoms with Crippen molar-refractivity contribution in [1.29, 1.82) is 0 Å². The minimum absolute atomic E-state index is 0.00378. The molecule has 190 valence electrons. The summed E-state index contributed by atoms with van der Waals surface area (Å²) < 4.78 is 36.7. The van der Waals surface area contributed by atoms with Crippen LogP contribution < -0.4 is 14.8 Å². The Bertz CT molecular complexity index is 867. The highest BCUT2D eigenvalue weighted by Gasteiger charge is 2.36. The van der Waals surface area contributed by atoms with Gasteiger partial charge in [-0.15, -0.1) is 0 Å². The van der Waals surface area contributed by atoms with Gasteiger partial charge in [0.1, 0.15) is 17.7 Å². The van der Waals surface area contributed by atoms with Crippen LogP contribution in [-0.4, -0.2) is 66.5 Å². The van der Waals surface area contributed by atoms with Crippen molar-refractivity contribution in [3.63, 3.8) is 0 Å². The number of likely N-dealkylation sites (tertiary alicyclic amines) is 1. The Kier molecular flexibility index (Phi) is 8.57. The SMILES string of the molecule is COc1nc(OC2CCC(OC)CC2)c(F)cc1CNC(=O)[C@@H]1CCCN1C(=O)OC(C)(C)C. The highest BCUT2D eigenvalue weighted by atomic mass is 19.1. The second-order valence-electron chi connectivity index (χ2n) is 9.75. The van der Waals surface area contributed by atoms with E-state index in [1.165, 1.54) is 18.1 Å². The molecule has 0 aromatic carbocycles. The lowest BCUT2D eigenvalue weighted by atomic mass is 9.95. The zero-order valence-electron chi connectivity index (χ0n) is 20.7. The first-order valence-corrected chi connectivity index (χ1v) is 11.8. The van der Waals surface area contributed by atoms with Crippen molar-refractivity contribution in [1.82, 2.24) is 15.2 Å². The second kappa shape index (κ2) is 11.2. The second-order valence-corrected chi connectivity index (χ2v) is 9.75. The Labute approximate surface area is 200 Å². The third kappa shape index (κ3) is 6.71. The van der Waals surface area contributed by atoms with Crippen molar-refractivity contribution in [3.05, 3.63) is 17.4 Å². The number of hydrogen-bond donors (Lipinski definition) is 1. The summed E-state index contributed by atoms with van der Waals surface area (Å²) in [5.41, 5.74) is -0.268. The monoisotopic (exact) mass is 481 g/mol. The predicted molar refractivity (Wildman–Crippen MR) is 122 cm³/mol. The van der Waals surface area contributed by atoms with E-state index < -0.39 is 23.6 Å². The minimum atomic E-state index is -0.649. The van der Waals surface area contributed by atoms with Gasteiger partial charge < -0.3 is 24.3 Å². The summed E-state index contributed by atoms with van der Waals surface area (Å²) in [6.45, 7) is 5.79. The van der Waals surface area contributed by atoms with Crippen LogP contribution in [0.15, 0.2) is 6.07 Å². The van der Waals surface area contributed by atoms with Crippen molar-refractivity contribution < 1.29 is 32.9 Å².